The second-order valence-corrected chi connectivity index (χ2v) is 6.62. The maximum absolute atomic E-state index is 12.1. The van der Waals surface area contributed by atoms with E-state index in [0.717, 1.165) is 19.3 Å². The predicted molar refractivity (Wildman–Crippen MR) is 76.8 cm³/mol. The quantitative estimate of drug-likeness (QED) is 0.712. The smallest absolute Gasteiger partial charge is 0.259 e. The molecule has 5 nitrogen and oxygen atoms in total. The van der Waals surface area contributed by atoms with E-state index in [-0.39, 0.29) is 10.9 Å². The van der Waals surface area contributed by atoms with E-state index in [4.69, 9.17) is 11.6 Å². The van der Waals surface area contributed by atoms with Crippen LogP contribution in [-0.4, -0.2) is 30.4 Å². The Morgan fingerprint density at radius 2 is 2.16 bits per heavy atom. The average molecular weight is 308 g/mol. The highest BCUT2D eigenvalue weighted by molar-refractivity contribution is 7.89. The van der Waals surface area contributed by atoms with Gasteiger partial charge in [-0.25, -0.2) is 18.1 Å². The molecule has 1 atom stereocenters. The fourth-order valence-corrected chi connectivity index (χ4v) is 3.24. The van der Waals surface area contributed by atoms with Crippen molar-refractivity contribution in [3.63, 3.8) is 0 Å². The van der Waals surface area contributed by atoms with E-state index in [1.54, 1.807) is 10.8 Å². The standard InChI is InChI=1S/C12H22ClN3O2S/c1-3-5-11(6-7-13)8-15-19(17,18)12-9-16(4-2)10-14-12/h9-11,15H,3-8H2,1-2H3. The van der Waals surface area contributed by atoms with Crippen molar-refractivity contribution >= 4 is 21.6 Å². The van der Waals surface area contributed by atoms with E-state index in [1.165, 1.54) is 6.33 Å². The highest BCUT2D eigenvalue weighted by Gasteiger charge is 2.18. The molecule has 1 aromatic rings. The lowest BCUT2D eigenvalue weighted by Crippen LogP contribution is -2.30. The van der Waals surface area contributed by atoms with Crippen LogP contribution in [0.5, 0.6) is 0 Å². The Morgan fingerprint density at radius 3 is 2.68 bits per heavy atom. The average Bonchev–Trinajstić information content (AvgIpc) is 2.86. The van der Waals surface area contributed by atoms with Crippen molar-refractivity contribution in [3.05, 3.63) is 12.5 Å². The summed E-state index contributed by atoms with van der Waals surface area (Å²) in [5.41, 5.74) is 0. The minimum absolute atomic E-state index is 0.0791. The highest BCUT2D eigenvalue weighted by atomic mass is 35.5. The van der Waals surface area contributed by atoms with Crippen molar-refractivity contribution in [2.45, 2.75) is 44.7 Å². The Morgan fingerprint density at radius 1 is 1.42 bits per heavy atom. The van der Waals surface area contributed by atoms with Crippen LogP contribution in [0.1, 0.15) is 33.1 Å². The fourth-order valence-electron chi connectivity index (χ4n) is 1.86. The van der Waals surface area contributed by atoms with Crippen molar-refractivity contribution in [1.29, 1.82) is 0 Å². The molecule has 0 aliphatic rings. The van der Waals surface area contributed by atoms with Gasteiger partial charge < -0.3 is 4.57 Å². The van der Waals surface area contributed by atoms with Gasteiger partial charge in [-0.3, -0.25) is 0 Å². The van der Waals surface area contributed by atoms with Gasteiger partial charge in [-0.1, -0.05) is 13.3 Å². The van der Waals surface area contributed by atoms with Gasteiger partial charge in [0.1, 0.15) is 0 Å². The van der Waals surface area contributed by atoms with Crippen LogP contribution in [0.25, 0.3) is 0 Å². The first-order valence-corrected chi connectivity index (χ1v) is 8.62. The van der Waals surface area contributed by atoms with Crippen LogP contribution in [0.2, 0.25) is 0 Å². The molecule has 7 heteroatoms. The summed E-state index contributed by atoms with van der Waals surface area (Å²) in [6, 6.07) is 0. The molecule has 0 fully saturated rings. The number of halogens is 1. The lowest BCUT2D eigenvalue weighted by atomic mass is 10.0. The number of nitrogens with one attached hydrogen (secondary N) is 1. The molecular weight excluding hydrogens is 286 g/mol. The summed E-state index contributed by atoms with van der Waals surface area (Å²) in [6.45, 7) is 5.14. The molecule has 1 rings (SSSR count). The maximum atomic E-state index is 12.1. The van der Waals surface area contributed by atoms with Gasteiger partial charge in [0.25, 0.3) is 10.0 Å². The first-order valence-electron chi connectivity index (χ1n) is 6.60. The Hall–Kier alpha value is -0.590. The number of hydrogen-bond acceptors (Lipinski definition) is 3. The van der Waals surface area contributed by atoms with Gasteiger partial charge in [0.05, 0.1) is 6.33 Å². The highest BCUT2D eigenvalue weighted by Crippen LogP contribution is 2.13. The van der Waals surface area contributed by atoms with Gasteiger partial charge in [-0.15, -0.1) is 11.6 Å². The minimum atomic E-state index is -3.51. The molecule has 0 saturated heterocycles. The first kappa shape index (κ1) is 16.5. The molecule has 1 aromatic heterocycles. The lowest BCUT2D eigenvalue weighted by molar-refractivity contribution is 0.456. The number of sulfonamides is 1. The Bertz CT molecular complexity index is 467. The monoisotopic (exact) mass is 307 g/mol. The Labute approximate surface area is 120 Å². The van der Waals surface area contributed by atoms with E-state index in [1.807, 2.05) is 6.92 Å². The molecule has 1 heterocycles. The molecule has 1 N–H and O–H groups in total. The molecule has 0 aromatic carbocycles. The number of alkyl halides is 1. The SMILES string of the molecule is CCCC(CCCl)CNS(=O)(=O)c1cn(CC)cn1. The molecule has 0 aliphatic heterocycles. The number of aryl methyl sites for hydroxylation is 1. The number of hydrogen-bond donors (Lipinski definition) is 1. The first-order chi connectivity index (χ1) is 9.03. The molecule has 0 radical (unpaired) electrons. The predicted octanol–water partition coefficient (Wildman–Crippen LogP) is 2.23. The van der Waals surface area contributed by atoms with Gasteiger partial charge in [0.2, 0.25) is 0 Å². The number of nitrogens with zero attached hydrogens (tertiary/aromatic N) is 2. The number of aromatic nitrogens is 2. The van der Waals surface area contributed by atoms with Crippen LogP contribution in [0, 0.1) is 5.92 Å². The van der Waals surface area contributed by atoms with Crippen molar-refractivity contribution in [2.75, 3.05) is 12.4 Å². The maximum Gasteiger partial charge on any atom is 0.259 e. The van der Waals surface area contributed by atoms with Gasteiger partial charge in [0, 0.05) is 25.2 Å². The molecule has 0 aliphatic carbocycles. The van der Waals surface area contributed by atoms with Crippen LogP contribution < -0.4 is 4.72 Å². The summed E-state index contributed by atoms with van der Waals surface area (Å²) in [5, 5.41) is 0.0791. The van der Waals surface area contributed by atoms with Gasteiger partial charge in [0.15, 0.2) is 5.03 Å². The minimum Gasteiger partial charge on any atom is -0.336 e. The van der Waals surface area contributed by atoms with Crippen molar-refractivity contribution in [3.8, 4) is 0 Å². The largest absolute Gasteiger partial charge is 0.336 e. The Balaban J connectivity index is 2.63. The third-order valence-electron chi connectivity index (χ3n) is 3.03. The Kier molecular flexibility index (Phi) is 6.82. The molecule has 0 saturated carbocycles. The third-order valence-corrected chi connectivity index (χ3v) is 4.55. The molecule has 19 heavy (non-hydrogen) atoms. The summed E-state index contributed by atoms with van der Waals surface area (Å²) in [4.78, 5) is 3.92. The van der Waals surface area contributed by atoms with E-state index < -0.39 is 10.0 Å². The van der Waals surface area contributed by atoms with E-state index in [2.05, 4.69) is 16.6 Å². The fraction of sp³-hybridized carbons (Fsp3) is 0.750. The van der Waals surface area contributed by atoms with E-state index >= 15 is 0 Å². The van der Waals surface area contributed by atoms with Gasteiger partial charge >= 0.3 is 0 Å². The van der Waals surface area contributed by atoms with Crippen LogP contribution in [-0.2, 0) is 16.6 Å². The molecule has 1 unspecified atom stereocenters. The molecule has 110 valence electrons. The zero-order chi connectivity index (χ0) is 14.3. The van der Waals surface area contributed by atoms with Crippen LogP contribution in [0.4, 0.5) is 0 Å². The lowest BCUT2D eigenvalue weighted by Gasteiger charge is -2.14. The van der Waals surface area contributed by atoms with Gasteiger partial charge in [-0.05, 0) is 25.7 Å². The zero-order valence-corrected chi connectivity index (χ0v) is 13.0. The number of imidazole rings is 1. The summed E-state index contributed by atoms with van der Waals surface area (Å²) in [5.74, 6) is 0.835. The summed E-state index contributed by atoms with van der Waals surface area (Å²) in [6.07, 6.45) is 5.88. The topological polar surface area (TPSA) is 64.0 Å². The summed E-state index contributed by atoms with van der Waals surface area (Å²) in [7, 11) is -3.51. The summed E-state index contributed by atoms with van der Waals surface area (Å²) < 4.78 is 28.5. The molecular formula is C12H22ClN3O2S. The number of rotatable bonds is 9. The van der Waals surface area contributed by atoms with Crippen molar-refractivity contribution < 1.29 is 8.42 Å². The molecule has 0 amide bonds. The normalized spacial score (nSPS) is 13.6. The molecule has 0 spiro atoms. The summed E-state index contributed by atoms with van der Waals surface area (Å²) >= 11 is 5.73. The molecule has 0 bridgehead atoms. The van der Waals surface area contributed by atoms with E-state index in [9.17, 15) is 8.42 Å². The van der Waals surface area contributed by atoms with Crippen LogP contribution in [0.3, 0.4) is 0 Å². The second-order valence-electron chi connectivity index (χ2n) is 4.53. The van der Waals surface area contributed by atoms with Crippen molar-refractivity contribution in [2.24, 2.45) is 5.92 Å². The second kappa shape index (κ2) is 7.87. The van der Waals surface area contributed by atoms with Gasteiger partial charge in [-0.2, -0.15) is 0 Å². The van der Waals surface area contributed by atoms with Crippen LogP contribution in [0.15, 0.2) is 17.6 Å². The third kappa shape index (κ3) is 5.12. The van der Waals surface area contributed by atoms with E-state index in [0.29, 0.717) is 19.0 Å². The van der Waals surface area contributed by atoms with Crippen molar-refractivity contribution in [1.82, 2.24) is 14.3 Å². The van der Waals surface area contributed by atoms with Crippen LogP contribution >= 0.6 is 11.6 Å². The zero-order valence-electron chi connectivity index (χ0n) is 11.5.